The molecule has 1 aliphatic heterocycles. The highest BCUT2D eigenvalue weighted by molar-refractivity contribution is 14.0. The Balaban J connectivity index is 0.00000220. The predicted molar refractivity (Wildman–Crippen MR) is 101 cm³/mol. The van der Waals surface area contributed by atoms with Gasteiger partial charge in [-0.3, -0.25) is 4.99 Å². The van der Waals surface area contributed by atoms with Crippen molar-refractivity contribution < 1.29 is 0 Å². The number of guanidine groups is 1. The lowest BCUT2D eigenvalue weighted by Gasteiger charge is -2.30. The summed E-state index contributed by atoms with van der Waals surface area (Å²) in [6.45, 7) is 4.07. The zero-order valence-electron chi connectivity index (χ0n) is 13.6. The number of aliphatic imine (C=N–C) groups is 1. The van der Waals surface area contributed by atoms with Crippen LogP contribution in [0.4, 0.5) is 0 Å². The van der Waals surface area contributed by atoms with Gasteiger partial charge in [-0.2, -0.15) is 0 Å². The summed E-state index contributed by atoms with van der Waals surface area (Å²) in [5, 5.41) is 0. The molecule has 2 aliphatic rings. The van der Waals surface area contributed by atoms with Crippen LogP contribution in [0, 0.1) is 0 Å². The molecule has 1 heterocycles. The van der Waals surface area contributed by atoms with E-state index in [9.17, 15) is 0 Å². The first-order chi connectivity index (χ1) is 9.77. The van der Waals surface area contributed by atoms with Crippen molar-refractivity contribution in [2.24, 2.45) is 10.7 Å². The fourth-order valence-electron chi connectivity index (χ4n) is 3.43. The minimum absolute atomic E-state index is 0. The van der Waals surface area contributed by atoms with Crippen LogP contribution in [-0.2, 0) is 0 Å². The van der Waals surface area contributed by atoms with Gasteiger partial charge in [-0.1, -0.05) is 32.1 Å². The summed E-state index contributed by atoms with van der Waals surface area (Å²) in [6.07, 6.45) is 12.1. The molecule has 1 saturated carbocycles. The molecule has 21 heavy (non-hydrogen) atoms. The molecule has 0 atom stereocenters. The molecule has 0 spiro atoms. The molecule has 0 aromatic rings. The molecule has 2 fully saturated rings. The second-order valence-electron chi connectivity index (χ2n) is 6.41. The summed E-state index contributed by atoms with van der Waals surface area (Å²) >= 11 is 0. The van der Waals surface area contributed by atoms with Crippen molar-refractivity contribution in [3.63, 3.8) is 0 Å². The molecule has 0 aromatic heterocycles. The topological polar surface area (TPSA) is 44.9 Å². The first-order valence-corrected chi connectivity index (χ1v) is 8.52. The van der Waals surface area contributed by atoms with Gasteiger partial charge in [0.15, 0.2) is 5.96 Å². The van der Waals surface area contributed by atoms with Gasteiger partial charge < -0.3 is 15.5 Å². The Morgan fingerprint density at radius 2 is 1.62 bits per heavy atom. The first kappa shape index (κ1) is 19.0. The van der Waals surface area contributed by atoms with Crippen molar-refractivity contribution >= 4 is 29.9 Å². The number of hydrogen-bond acceptors (Lipinski definition) is 2. The molecule has 0 bridgehead atoms. The third kappa shape index (κ3) is 6.72. The summed E-state index contributed by atoms with van der Waals surface area (Å²) < 4.78 is 0. The van der Waals surface area contributed by atoms with E-state index in [0.717, 1.165) is 38.2 Å². The van der Waals surface area contributed by atoms with Crippen LogP contribution in [-0.4, -0.2) is 55.0 Å². The molecule has 0 unspecified atom stereocenters. The average molecular weight is 408 g/mol. The van der Waals surface area contributed by atoms with Crippen molar-refractivity contribution in [2.45, 2.75) is 63.8 Å². The Morgan fingerprint density at radius 3 is 2.24 bits per heavy atom. The molecule has 2 N–H and O–H groups in total. The zero-order valence-corrected chi connectivity index (χ0v) is 15.9. The van der Waals surface area contributed by atoms with Crippen LogP contribution in [0.5, 0.6) is 0 Å². The van der Waals surface area contributed by atoms with E-state index in [2.05, 4.69) is 21.8 Å². The number of rotatable bonds is 4. The lowest BCUT2D eigenvalue weighted by molar-refractivity contribution is 0.196. The lowest BCUT2D eigenvalue weighted by Crippen LogP contribution is -2.39. The van der Waals surface area contributed by atoms with Crippen molar-refractivity contribution in [1.82, 2.24) is 9.80 Å². The van der Waals surface area contributed by atoms with Gasteiger partial charge in [0.25, 0.3) is 0 Å². The normalized spacial score (nSPS) is 22.0. The number of likely N-dealkylation sites (N-methyl/N-ethyl adjacent to an activating group) is 1. The minimum Gasteiger partial charge on any atom is -0.370 e. The first-order valence-electron chi connectivity index (χ1n) is 8.52. The van der Waals surface area contributed by atoms with E-state index in [1.807, 2.05) is 0 Å². The van der Waals surface area contributed by atoms with E-state index >= 15 is 0 Å². The Bertz CT molecular complexity index is 295. The van der Waals surface area contributed by atoms with Crippen molar-refractivity contribution in [3.8, 4) is 0 Å². The summed E-state index contributed by atoms with van der Waals surface area (Å²) in [6, 6.07) is 0.776. The van der Waals surface area contributed by atoms with Gasteiger partial charge >= 0.3 is 0 Å². The Morgan fingerprint density at radius 1 is 1.05 bits per heavy atom. The largest absolute Gasteiger partial charge is 0.370 e. The van der Waals surface area contributed by atoms with E-state index in [-0.39, 0.29) is 24.0 Å². The van der Waals surface area contributed by atoms with Crippen LogP contribution in [0.3, 0.4) is 0 Å². The highest BCUT2D eigenvalue weighted by atomic mass is 127. The van der Waals surface area contributed by atoms with E-state index < -0.39 is 0 Å². The summed E-state index contributed by atoms with van der Waals surface area (Å²) in [7, 11) is 2.24. The van der Waals surface area contributed by atoms with Gasteiger partial charge in [0, 0.05) is 25.7 Å². The smallest absolute Gasteiger partial charge is 0.191 e. The third-order valence-corrected chi connectivity index (χ3v) is 4.85. The van der Waals surface area contributed by atoms with Gasteiger partial charge in [-0.15, -0.1) is 24.0 Å². The van der Waals surface area contributed by atoms with Crippen molar-refractivity contribution in [2.75, 3.05) is 33.2 Å². The second kappa shape index (κ2) is 10.6. The van der Waals surface area contributed by atoms with Crippen LogP contribution < -0.4 is 5.73 Å². The molecular formula is C16H33IN4. The fourth-order valence-corrected chi connectivity index (χ4v) is 3.43. The molecule has 5 heteroatoms. The molecule has 1 aliphatic carbocycles. The van der Waals surface area contributed by atoms with Gasteiger partial charge in [-0.25, -0.2) is 0 Å². The summed E-state index contributed by atoms with van der Waals surface area (Å²) in [5.74, 6) is 0.768. The van der Waals surface area contributed by atoms with Crippen LogP contribution in [0.15, 0.2) is 4.99 Å². The molecule has 2 rings (SSSR count). The molecular weight excluding hydrogens is 375 g/mol. The molecule has 1 saturated heterocycles. The van der Waals surface area contributed by atoms with Gasteiger partial charge in [0.05, 0.1) is 6.54 Å². The van der Waals surface area contributed by atoms with Crippen molar-refractivity contribution in [1.29, 1.82) is 0 Å². The Hall–Kier alpha value is -0.0400. The molecule has 0 aromatic carbocycles. The number of nitrogens with two attached hydrogens (primary N) is 1. The predicted octanol–water partition coefficient (Wildman–Crippen LogP) is 3.06. The highest BCUT2D eigenvalue weighted by Crippen LogP contribution is 2.21. The van der Waals surface area contributed by atoms with E-state index in [0.29, 0.717) is 0 Å². The number of nitrogens with zero attached hydrogens (tertiary/aromatic N) is 3. The van der Waals surface area contributed by atoms with Crippen molar-refractivity contribution in [3.05, 3.63) is 0 Å². The third-order valence-electron chi connectivity index (χ3n) is 4.85. The highest BCUT2D eigenvalue weighted by Gasteiger charge is 2.17. The second-order valence-corrected chi connectivity index (χ2v) is 6.41. The SMILES string of the molecule is CN(CCN=C(N)N1CCCCCC1)C1CCCCC1.I. The molecule has 4 nitrogen and oxygen atoms in total. The van der Waals surface area contributed by atoms with Crippen LogP contribution in [0.2, 0.25) is 0 Å². The van der Waals surface area contributed by atoms with Crippen LogP contribution in [0.1, 0.15) is 57.8 Å². The average Bonchev–Trinajstić information content (AvgIpc) is 2.77. The fraction of sp³-hybridized carbons (Fsp3) is 0.938. The van der Waals surface area contributed by atoms with Crippen LogP contribution >= 0.6 is 24.0 Å². The van der Waals surface area contributed by atoms with E-state index in [4.69, 9.17) is 5.73 Å². The van der Waals surface area contributed by atoms with E-state index in [1.54, 1.807) is 0 Å². The Labute approximate surface area is 147 Å². The quantitative estimate of drug-likeness (QED) is 0.442. The maximum absolute atomic E-state index is 6.14. The molecule has 124 valence electrons. The maximum Gasteiger partial charge on any atom is 0.191 e. The molecule has 0 radical (unpaired) electrons. The minimum atomic E-state index is 0. The van der Waals surface area contributed by atoms with Gasteiger partial charge in [0.1, 0.15) is 0 Å². The summed E-state index contributed by atoms with van der Waals surface area (Å²) in [5.41, 5.74) is 6.14. The number of hydrogen-bond donors (Lipinski definition) is 1. The Kier molecular flexibility index (Phi) is 9.64. The van der Waals surface area contributed by atoms with E-state index in [1.165, 1.54) is 57.8 Å². The number of likely N-dealkylation sites (tertiary alicyclic amines) is 1. The maximum atomic E-state index is 6.14. The van der Waals surface area contributed by atoms with Crippen LogP contribution in [0.25, 0.3) is 0 Å². The standard InChI is InChI=1S/C16H32N4.HI/c1-19(15-9-5-4-6-10-15)14-11-18-16(17)20-12-7-2-3-8-13-20;/h15H,2-14H2,1H3,(H2,17,18);1H. The lowest BCUT2D eigenvalue weighted by atomic mass is 9.94. The zero-order chi connectivity index (χ0) is 14.2. The summed E-state index contributed by atoms with van der Waals surface area (Å²) in [4.78, 5) is 9.36. The van der Waals surface area contributed by atoms with Gasteiger partial charge in [0.2, 0.25) is 0 Å². The number of halogens is 1. The van der Waals surface area contributed by atoms with Gasteiger partial charge in [-0.05, 0) is 32.7 Å². The monoisotopic (exact) mass is 408 g/mol. The molecule has 0 amide bonds.